The first-order valence-electron chi connectivity index (χ1n) is 5.30. The molecule has 1 unspecified atom stereocenters. The van der Waals surface area contributed by atoms with E-state index in [1.807, 2.05) is 0 Å². The smallest absolute Gasteiger partial charge is 0.305 e. The number of carbonyl (C=O) groups is 2. The summed E-state index contributed by atoms with van der Waals surface area (Å²) in [6.07, 6.45) is -0.129. The zero-order valence-corrected chi connectivity index (χ0v) is 10.8. The van der Waals surface area contributed by atoms with Gasteiger partial charge in [0.05, 0.1) is 18.6 Å². The predicted octanol–water partition coefficient (Wildman–Crippen LogP) is 1.94. The average Bonchev–Trinajstić information content (AvgIpc) is 2.28. The number of carboxylic acid groups (broad SMARTS) is 1. The number of hydrogen-bond donors (Lipinski definition) is 2. The number of rotatable bonds is 5. The van der Waals surface area contributed by atoms with Crippen LogP contribution in [0.2, 0.25) is 5.02 Å². The molecule has 0 bridgehead atoms. The lowest BCUT2D eigenvalue weighted by Crippen LogP contribution is -2.34. The van der Waals surface area contributed by atoms with Gasteiger partial charge >= 0.3 is 5.97 Å². The van der Waals surface area contributed by atoms with E-state index in [-0.39, 0.29) is 12.3 Å². The van der Waals surface area contributed by atoms with Crippen LogP contribution in [0.3, 0.4) is 0 Å². The first-order chi connectivity index (χ1) is 8.43. The van der Waals surface area contributed by atoms with Crippen LogP contribution in [0.4, 0.5) is 0 Å². The van der Waals surface area contributed by atoms with Gasteiger partial charge in [-0.15, -0.1) is 0 Å². The molecule has 0 aliphatic carbocycles. The lowest BCUT2D eigenvalue weighted by molar-refractivity contribution is -0.137. The Kier molecular flexibility index (Phi) is 4.97. The second kappa shape index (κ2) is 6.26. The molecule has 6 heteroatoms. The minimum atomic E-state index is -0.962. The number of halogens is 1. The highest BCUT2D eigenvalue weighted by atomic mass is 35.5. The van der Waals surface area contributed by atoms with Gasteiger partial charge in [0.25, 0.3) is 5.91 Å². The van der Waals surface area contributed by atoms with E-state index in [0.717, 1.165) is 0 Å². The highest BCUT2D eigenvalue weighted by Crippen LogP contribution is 2.24. The van der Waals surface area contributed by atoms with Crippen molar-refractivity contribution in [1.29, 1.82) is 0 Å². The maximum Gasteiger partial charge on any atom is 0.305 e. The highest BCUT2D eigenvalue weighted by molar-refractivity contribution is 6.32. The SMILES string of the molecule is COc1cc(C(=O)NC(C)CC(=O)O)ccc1Cl. The number of carbonyl (C=O) groups excluding carboxylic acids is 1. The molecule has 0 saturated carbocycles. The molecule has 5 nitrogen and oxygen atoms in total. The van der Waals surface area contributed by atoms with Crippen molar-refractivity contribution >= 4 is 23.5 Å². The highest BCUT2D eigenvalue weighted by Gasteiger charge is 2.14. The lowest BCUT2D eigenvalue weighted by atomic mass is 10.1. The van der Waals surface area contributed by atoms with E-state index in [1.165, 1.54) is 13.2 Å². The third-order valence-corrected chi connectivity index (χ3v) is 2.58. The average molecular weight is 272 g/mol. The van der Waals surface area contributed by atoms with Gasteiger partial charge in [-0.2, -0.15) is 0 Å². The molecule has 1 aromatic carbocycles. The second-order valence-corrected chi connectivity index (χ2v) is 4.23. The molecule has 0 radical (unpaired) electrons. The van der Waals surface area contributed by atoms with Gasteiger partial charge in [-0.05, 0) is 25.1 Å². The molecular formula is C12H14ClNO4. The molecule has 0 aromatic heterocycles. The summed E-state index contributed by atoms with van der Waals surface area (Å²) in [6, 6.07) is 4.16. The van der Waals surface area contributed by atoms with Gasteiger partial charge in [0.1, 0.15) is 5.75 Å². The number of amides is 1. The molecule has 2 N–H and O–H groups in total. The monoisotopic (exact) mass is 271 g/mol. The summed E-state index contributed by atoms with van der Waals surface area (Å²) in [5, 5.41) is 11.6. The summed E-state index contributed by atoms with van der Waals surface area (Å²) in [6.45, 7) is 1.62. The van der Waals surface area contributed by atoms with Crippen molar-refractivity contribution in [3.05, 3.63) is 28.8 Å². The normalized spacial score (nSPS) is 11.7. The van der Waals surface area contributed by atoms with Crippen LogP contribution in [0.15, 0.2) is 18.2 Å². The fourth-order valence-electron chi connectivity index (χ4n) is 1.42. The molecule has 1 rings (SSSR count). The number of benzene rings is 1. The second-order valence-electron chi connectivity index (χ2n) is 3.82. The molecule has 0 spiro atoms. The maximum absolute atomic E-state index is 11.8. The number of carboxylic acids is 1. The van der Waals surface area contributed by atoms with Gasteiger partial charge in [0.2, 0.25) is 0 Å². The van der Waals surface area contributed by atoms with Crippen molar-refractivity contribution in [2.75, 3.05) is 7.11 Å². The molecule has 18 heavy (non-hydrogen) atoms. The van der Waals surface area contributed by atoms with Gasteiger partial charge < -0.3 is 15.2 Å². The maximum atomic E-state index is 11.8. The number of methoxy groups -OCH3 is 1. The minimum absolute atomic E-state index is 0.129. The predicted molar refractivity (Wildman–Crippen MR) is 67.2 cm³/mol. The van der Waals surface area contributed by atoms with Crippen molar-refractivity contribution in [2.45, 2.75) is 19.4 Å². The number of aliphatic carboxylic acids is 1. The molecule has 98 valence electrons. The van der Waals surface area contributed by atoms with Crippen LogP contribution in [0, 0.1) is 0 Å². The van der Waals surface area contributed by atoms with Gasteiger partial charge in [0.15, 0.2) is 0 Å². The van der Waals surface area contributed by atoms with Crippen LogP contribution >= 0.6 is 11.6 Å². The van der Waals surface area contributed by atoms with Crippen molar-refractivity contribution < 1.29 is 19.4 Å². The van der Waals surface area contributed by atoms with E-state index in [2.05, 4.69) is 5.32 Å². The van der Waals surface area contributed by atoms with Crippen LogP contribution in [0.5, 0.6) is 5.75 Å². The fraction of sp³-hybridized carbons (Fsp3) is 0.333. The Hall–Kier alpha value is -1.75. The molecule has 0 saturated heterocycles. The number of hydrogen-bond acceptors (Lipinski definition) is 3. The molecule has 1 atom stereocenters. The Morgan fingerprint density at radius 2 is 2.17 bits per heavy atom. The Morgan fingerprint density at radius 3 is 2.72 bits per heavy atom. The van der Waals surface area contributed by atoms with E-state index in [4.69, 9.17) is 21.4 Å². The summed E-state index contributed by atoms with van der Waals surface area (Å²) < 4.78 is 5.00. The third kappa shape index (κ3) is 3.92. The third-order valence-electron chi connectivity index (χ3n) is 2.27. The van der Waals surface area contributed by atoms with E-state index in [1.54, 1.807) is 19.1 Å². The molecular weight excluding hydrogens is 258 g/mol. The van der Waals surface area contributed by atoms with E-state index in [9.17, 15) is 9.59 Å². The summed E-state index contributed by atoms with van der Waals surface area (Å²) in [5.74, 6) is -0.926. The van der Waals surface area contributed by atoms with E-state index < -0.39 is 12.0 Å². The first kappa shape index (κ1) is 14.3. The fourth-order valence-corrected chi connectivity index (χ4v) is 1.62. The van der Waals surface area contributed by atoms with Crippen LogP contribution in [-0.4, -0.2) is 30.1 Å². The Bertz CT molecular complexity index is 461. The molecule has 0 aliphatic rings. The summed E-state index contributed by atoms with van der Waals surface area (Å²) in [4.78, 5) is 22.3. The van der Waals surface area contributed by atoms with Crippen molar-refractivity contribution in [3.8, 4) is 5.75 Å². The van der Waals surface area contributed by atoms with E-state index >= 15 is 0 Å². The summed E-state index contributed by atoms with van der Waals surface area (Å²) in [5.41, 5.74) is 0.369. The van der Waals surface area contributed by atoms with Crippen LogP contribution in [0.25, 0.3) is 0 Å². The van der Waals surface area contributed by atoms with Crippen LogP contribution in [-0.2, 0) is 4.79 Å². The standard InChI is InChI=1S/C12H14ClNO4/c1-7(5-11(15)16)14-12(17)8-3-4-9(13)10(6-8)18-2/h3-4,6-7H,5H2,1-2H3,(H,14,17)(H,15,16). The number of nitrogens with one attached hydrogen (secondary N) is 1. The van der Waals surface area contributed by atoms with E-state index in [0.29, 0.717) is 16.3 Å². The summed E-state index contributed by atoms with van der Waals surface area (Å²) >= 11 is 5.84. The molecule has 1 amide bonds. The van der Waals surface area contributed by atoms with Gasteiger partial charge in [0, 0.05) is 11.6 Å². The van der Waals surface area contributed by atoms with Crippen LogP contribution < -0.4 is 10.1 Å². The largest absolute Gasteiger partial charge is 0.495 e. The van der Waals surface area contributed by atoms with Crippen molar-refractivity contribution in [1.82, 2.24) is 5.32 Å². The Morgan fingerprint density at radius 1 is 1.50 bits per heavy atom. The van der Waals surface area contributed by atoms with Gasteiger partial charge in [-0.1, -0.05) is 11.6 Å². The van der Waals surface area contributed by atoms with Crippen LogP contribution in [0.1, 0.15) is 23.7 Å². The molecule has 0 fully saturated rings. The van der Waals surface area contributed by atoms with Gasteiger partial charge in [-0.25, -0.2) is 0 Å². The molecule has 0 aliphatic heterocycles. The number of ether oxygens (including phenoxy) is 1. The summed E-state index contributed by atoms with van der Waals surface area (Å²) in [7, 11) is 1.45. The molecule has 1 aromatic rings. The lowest BCUT2D eigenvalue weighted by Gasteiger charge is -2.12. The van der Waals surface area contributed by atoms with Crippen molar-refractivity contribution in [3.63, 3.8) is 0 Å². The zero-order chi connectivity index (χ0) is 13.7. The Balaban J connectivity index is 2.75. The zero-order valence-electron chi connectivity index (χ0n) is 10.1. The van der Waals surface area contributed by atoms with Gasteiger partial charge in [-0.3, -0.25) is 9.59 Å². The van der Waals surface area contributed by atoms with Crippen molar-refractivity contribution in [2.24, 2.45) is 0 Å². The first-order valence-corrected chi connectivity index (χ1v) is 5.68. The quantitative estimate of drug-likeness (QED) is 0.858. The minimum Gasteiger partial charge on any atom is -0.495 e. The Labute approximate surface area is 110 Å². The topological polar surface area (TPSA) is 75.6 Å². The molecule has 0 heterocycles.